The van der Waals surface area contributed by atoms with Gasteiger partial charge in [0.05, 0.1) is 38.5 Å². The van der Waals surface area contributed by atoms with Gasteiger partial charge in [0.2, 0.25) is 0 Å². The van der Waals surface area contributed by atoms with Crippen molar-refractivity contribution in [2.24, 2.45) is 0 Å². The van der Waals surface area contributed by atoms with Gasteiger partial charge in [0.1, 0.15) is 6.07 Å². The number of anilines is 1. The minimum Gasteiger partial charge on any atom is -0.449 e. The SMILES string of the molecule is Cc1noc2nc(-c3cccs3)cc(C(=O)OC(C)C(=O)Nc3ccccc3C#N)c12. The van der Waals surface area contributed by atoms with Crippen molar-refractivity contribution >= 4 is 40.0 Å². The fraction of sp³-hybridized carbons (Fsp3) is 0.136. The van der Waals surface area contributed by atoms with Crippen LogP contribution < -0.4 is 5.32 Å². The molecular formula is C22H16N4O4S. The van der Waals surface area contributed by atoms with E-state index in [1.54, 1.807) is 37.3 Å². The van der Waals surface area contributed by atoms with Gasteiger partial charge in [0.15, 0.2) is 6.10 Å². The summed E-state index contributed by atoms with van der Waals surface area (Å²) in [5, 5.41) is 18.0. The van der Waals surface area contributed by atoms with Crippen LogP contribution in [-0.4, -0.2) is 28.1 Å². The number of hydrogen-bond donors (Lipinski definition) is 1. The first-order valence-electron chi connectivity index (χ1n) is 9.30. The number of nitrogens with zero attached hydrogens (tertiary/aromatic N) is 3. The topological polar surface area (TPSA) is 118 Å². The number of rotatable bonds is 5. The molecule has 0 aliphatic heterocycles. The number of amides is 1. The van der Waals surface area contributed by atoms with Gasteiger partial charge in [-0.3, -0.25) is 4.79 Å². The van der Waals surface area contributed by atoms with Crippen molar-refractivity contribution in [2.45, 2.75) is 20.0 Å². The number of benzene rings is 1. The minimum absolute atomic E-state index is 0.212. The number of hydrogen-bond acceptors (Lipinski definition) is 8. The maximum atomic E-state index is 13.0. The zero-order valence-corrected chi connectivity index (χ0v) is 17.4. The predicted molar refractivity (Wildman–Crippen MR) is 115 cm³/mol. The predicted octanol–water partition coefficient (Wildman–Crippen LogP) is 4.32. The molecule has 0 spiro atoms. The zero-order chi connectivity index (χ0) is 22.0. The van der Waals surface area contributed by atoms with Crippen LogP contribution in [0, 0.1) is 18.3 Å². The highest BCUT2D eigenvalue weighted by Crippen LogP contribution is 2.30. The van der Waals surface area contributed by atoms with E-state index in [4.69, 9.17) is 14.5 Å². The number of para-hydroxylation sites is 1. The van der Waals surface area contributed by atoms with E-state index in [1.807, 2.05) is 23.6 Å². The molecule has 3 aromatic heterocycles. The first-order valence-corrected chi connectivity index (χ1v) is 10.2. The molecule has 1 N–H and O–H groups in total. The largest absolute Gasteiger partial charge is 0.449 e. The van der Waals surface area contributed by atoms with Crippen molar-refractivity contribution in [3.63, 3.8) is 0 Å². The summed E-state index contributed by atoms with van der Waals surface area (Å²) in [4.78, 5) is 30.8. The second-order valence-corrected chi connectivity index (χ2v) is 7.62. The van der Waals surface area contributed by atoms with Gasteiger partial charge in [-0.1, -0.05) is 23.4 Å². The molecule has 0 aliphatic carbocycles. The lowest BCUT2D eigenvalue weighted by Gasteiger charge is -2.14. The van der Waals surface area contributed by atoms with Gasteiger partial charge >= 0.3 is 5.97 Å². The number of aryl methyl sites for hydroxylation is 1. The molecule has 0 radical (unpaired) electrons. The maximum absolute atomic E-state index is 13.0. The summed E-state index contributed by atoms with van der Waals surface area (Å²) in [7, 11) is 0. The Morgan fingerprint density at radius 2 is 2.06 bits per heavy atom. The Morgan fingerprint density at radius 3 is 2.81 bits per heavy atom. The number of nitrogens with one attached hydrogen (secondary N) is 1. The van der Waals surface area contributed by atoms with Crippen molar-refractivity contribution in [3.05, 3.63) is 64.7 Å². The van der Waals surface area contributed by atoms with E-state index in [0.29, 0.717) is 28.0 Å². The summed E-state index contributed by atoms with van der Waals surface area (Å²) in [6.45, 7) is 3.16. The zero-order valence-electron chi connectivity index (χ0n) is 16.6. The van der Waals surface area contributed by atoms with Crippen molar-refractivity contribution in [3.8, 4) is 16.6 Å². The lowest BCUT2D eigenvalue weighted by Crippen LogP contribution is -2.30. The number of aromatic nitrogens is 2. The Hall–Kier alpha value is -4.03. The Kier molecular flexibility index (Phi) is 5.47. The molecule has 0 saturated carbocycles. The van der Waals surface area contributed by atoms with Gasteiger partial charge in [-0.2, -0.15) is 5.26 Å². The summed E-state index contributed by atoms with van der Waals surface area (Å²) in [5.41, 5.74) is 2.13. The van der Waals surface area contributed by atoms with Crippen LogP contribution in [0.15, 0.2) is 52.4 Å². The first kappa shape index (κ1) is 20.3. The molecular weight excluding hydrogens is 416 g/mol. The number of carbonyl (C=O) groups is 2. The molecule has 3 heterocycles. The third-order valence-corrected chi connectivity index (χ3v) is 5.46. The van der Waals surface area contributed by atoms with E-state index in [1.165, 1.54) is 18.3 Å². The molecule has 4 rings (SSSR count). The van der Waals surface area contributed by atoms with Crippen LogP contribution in [0.5, 0.6) is 0 Å². The first-order chi connectivity index (χ1) is 15.0. The monoisotopic (exact) mass is 432 g/mol. The number of pyridine rings is 1. The van der Waals surface area contributed by atoms with E-state index in [2.05, 4.69) is 15.5 Å². The number of ether oxygens (including phenoxy) is 1. The smallest absolute Gasteiger partial charge is 0.339 e. The Bertz CT molecular complexity index is 1320. The molecule has 1 atom stereocenters. The molecule has 0 fully saturated rings. The lowest BCUT2D eigenvalue weighted by molar-refractivity contribution is -0.123. The van der Waals surface area contributed by atoms with Gasteiger partial charge in [-0.15, -0.1) is 11.3 Å². The number of thiophene rings is 1. The van der Waals surface area contributed by atoms with Crippen molar-refractivity contribution in [1.82, 2.24) is 10.1 Å². The van der Waals surface area contributed by atoms with Crippen LogP contribution >= 0.6 is 11.3 Å². The molecule has 31 heavy (non-hydrogen) atoms. The van der Waals surface area contributed by atoms with Crippen LogP contribution in [0.25, 0.3) is 21.7 Å². The van der Waals surface area contributed by atoms with Crippen molar-refractivity contribution < 1.29 is 18.8 Å². The molecule has 0 saturated heterocycles. The quantitative estimate of drug-likeness (QED) is 0.467. The Labute approximate surface area is 181 Å². The molecule has 1 aromatic carbocycles. The number of esters is 1. The van der Waals surface area contributed by atoms with Crippen molar-refractivity contribution in [1.29, 1.82) is 5.26 Å². The van der Waals surface area contributed by atoms with Crippen LogP contribution in [0.3, 0.4) is 0 Å². The Balaban J connectivity index is 1.60. The lowest BCUT2D eigenvalue weighted by atomic mass is 10.1. The highest BCUT2D eigenvalue weighted by Gasteiger charge is 2.25. The van der Waals surface area contributed by atoms with E-state index < -0.39 is 18.0 Å². The van der Waals surface area contributed by atoms with Crippen LogP contribution in [-0.2, 0) is 9.53 Å². The fourth-order valence-electron chi connectivity index (χ4n) is 3.01. The van der Waals surface area contributed by atoms with Crippen LogP contribution in [0.1, 0.15) is 28.5 Å². The molecule has 8 nitrogen and oxygen atoms in total. The molecule has 9 heteroatoms. The van der Waals surface area contributed by atoms with Gasteiger partial charge in [0.25, 0.3) is 11.6 Å². The van der Waals surface area contributed by atoms with Gasteiger partial charge in [0, 0.05) is 0 Å². The summed E-state index contributed by atoms with van der Waals surface area (Å²) < 4.78 is 10.7. The molecule has 4 aromatic rings. The molecule has 1 amide bonds. The van der Waals surface area contributed by atoms with Gasteiger partial charge < -0.3 is 14.6 Å². The normalized spacial score (nSPS) is 11.6. The molecule has 154 valence electrons. The summed E-state index contributed by atoms with van der Waals surface area (Å²) >= 11 is 1.47. The van der Waals surface area contributed by atoms with E-state index >= 15 is 0 Å². The van der Waals surface area contributed by atoms with Crippen LogP contribution in [0.4, 0.5) is 5.69 Å². The molecule has 1 unspecified atom stereocenters. The molecule has 0 bridgehead atoms. The number of fused-ring (bicyclic) bond motifs is 1. The second-order valence-electron chi connectivity index (χ2n) is 6.67. The summed E-state index contributed by atoms with van der Waals surface area (Å²) in [5.74, 6) is -1.26. The van der Waals surface area contributed by atoms with Crippen LogP contribution in [0.2, 0.25) is 0 Å². The second kappa shape index (κ2) is 8.38. The minimum atomic E-state index is -1.10. The molecule has 0 aliphatic rings. The summed E-state index contributed by atoms with van der Waals surface area (Å²) in [6, 6.07) is 13.9. The highest BCUT2D eigenvalue weighted by atomic mass is 32.1. The Morgan fingerprint density at radius 1 is 1.26 bits per heavy atom. The average Bonchev–Trinajstić information content (AvgIpc) is 3.44. The van der Waals surface area contributed by atoms with E-state index in [-0.39, 0.29) is 11.3 Å². The maximum Gasteiger partial charge on any atom is 0.339 e. The fourth-order valence-corrected chi connectivity index (χ4v) is 3.69. The summed E-state index contributed by atoms with van der Waals surface area (Å²) in [6.07, 6.45) is -1.10. The standard InChI is InChI=1S/C22H16N4O4S/c1-12-19-15(10-17(18-8-5-9-31-18)25-21(19)30-26-12)22(28)29-13(2)20(27)24-16-7-4-3-6-14(16)11-23/h3-10,13H,1-2H3,(H,24,27). The average molecular weight is 432 g/mol. The van der Waals surface area contributed by atoms with Gasteiger partial charge in [-0.05, 0) is 43.5 Å². The number of nitriles is 1. The third kappa shape index (κ3) is 4.01. The third-order valence-electron chi connectivity index (χ3n) is 4.57. The van der Waals surface area contributed by atoms with E-state index in [0.717, 1.165) is 4.88 Å². The van der Waals surface area contributed by atoms with Crippen molar-refractivity contribution in [2.75, 3.05) is 5.32 Å². The highest BCUT2D eigenvalue weighted by molar-refractivity contribution is 7.13. The van der Waals surface area contributed by atoms with E-state index in [9.17, 15) is 9.59 Å². The van der Waals surface area contributed by atoms with Gasteiger partial charge in [-0.25, -0.2) is 9.78 Å². The number of carbonyl (C=O) groups excluding carboxylic acids is 2.